The minimum absolute atomic E-state index is 0.577. The van der Waals surface area contributed by atoms with E-state index in [4.69, 9.17) is 0 Å². The zero-order valence-electron chi connectivity index (χ0n) is 10.5. The van der Waals surface area contributed by atoms with Crippen LogP contribution in [-0.4, -0.2) is 4.98 Å². The highest BCUT2D eigenvalue weighted by molar-refractivity contribution is 5.21. The molecule has 2 atom stereocenters. The van der Waals surface area contributed by atoms with E-state index in [1.165, 1.54) is 17.5 Å². The first-order valence-corrected chi connectivity index (χ1v) is 6.22. The summed E-state index contributed by atoms with van der Waals surface area (Å²) in [7, 11) is 0. The van der Waals surface area contributed by atoms with Crippen LogP contribution in [0.3, 0.4) is 0 Å². The molecule has 1 heterocycles. The minimum atomic E-state index is 0.577. The highest BCUT2D eigenvalue weighted by Crippen LogP contribution is 2.28. The van der Waals surface area contributed by atoms with E-state index in [2.05, 4.69) is 61.3 Å². The Bertz CT molecular complexity index is 392. The predicted molar refractivity (Wildman–Crippen MR) is 72.1 cm³/mol. The Hall–Kier alpha value is -1.63. The van der Waals surface area contributed by atoms with Crippen LogP contribution >= 0.6 is 0 Å². The predicted octanol–water partition coefficient (Wildman–Crippen LogP) is 4.38. The number of rotatable bonds is 4. The summed E-state index contributed by atoms with van der Waals surface area (Å²) >= 11 is 0. The van der Waals surface area contributed by atoms with Gasteiger partial charge in [0.05, 0.1) is 0 Å². The number of nitrogens with zero attached hydrogens (tertiary/aromatic N) is 1. The molecule has 0 aliphatic rings. The topological polar surface area (TPSA) is 12.9 Å². The molecule has 0 radical (unpaired) electrons. The lowest BCUT2D eigenvalue weighted by molar-refractivity contribution is 0.592. The van der Waals surface area contributed by atoms with E-state index in [0.717, 1.165) is 0 Å². The molecule has 0 N–H and O–H groups in total. The van der Waals surface area contributed by atoms with Crippen LogP contribution in [0.2, 0.25) is 0 Å². The molecule has 88 valence electrons. The first-order valence-electron chi connectivity index (χ1n) is 6.22. The molecule has 0 amide bonds. The Labute approximate surface area is 104 Å². The van der Waals surface area contributed by atoms with E-state index in [9.17, 15) is 0 Å². The second-order valence-electron chi connectivity index (χ2n) is 4.73. The van der Waals surface area contributed by atoms with Crippen molar-refractivity contribution in [3.8, 4) is 0 Å². The molecular weight excluding hydrogens is 206 g/mol. The molecule has 17 heavy (non-hydrogen) atoms. The molecule has 0 saturated carbocycles. The maximum Gasteiger partial charge on any atom is 0.0270 e. The van der Waals surface area contributed by atoms with Gasteiger partial charge in [-0.05, 0) is 41.5 Å². The van der Waals surface area contributed by atoms with Crippen molar-refractivity contribution in [3.05, 3.63) is 66.0 Å². The van der Waals surface area contributed by atoms with Crippen molar-refractivity contribution in [1.82, 2.24) is 4.98 Å². The van der Waals surface area contributed by atoms with Gasteiger partial charge in [-0.25, -0.2) is 0 Å². The van der Waals surface area contributed by atoms with Gasteiger partial charge < -0.3 is 0 Å². The van der Waals surface area contributed by atoms with Gasteiger partial charge in [-0.2, -0.15) is 0 Å². The molecule has 1 nitrogen and oxygen atoms in total. The second kappa shape index (κ2) is 5.62. The van der Waals surface area contributed by atoms with E-state index in [1.807, 2.05) is 12.4 Å². The lowest BCUT2D eigenvalue weighted by Crippen LogP contribution is -2.01. The van der Waals surface area contributed by atoms with Gasteiger partial charge >= 0.3 is 0 Å². The zero-order chi connectivity index (χ0) is 12.1. The Morgan fingerprint density at radius 1 is 0.824 bits per heavy atom. The highest BCUT2D eigenvalue weighted by atomic mass is 14.6. The summed E-state index contributed by atoms with van der Waals surface area (Å²) in [5, 5.41) is 0. The molecule has 2 unspecified atom stereocenters. The third kappa shape index (κ3) is 3.16. The van der Waals surface area contributed by atoms with Crippen LogP contribution in [0.5, 0.6) is 0 Å². The van der Waals surface area contributed by atoms with E-state index in [-0.39, 0.29) is 0 Å². The van der Waals surface area contributed by atoms with Crippen LogP contribution < -0.4 is 0 Å². The summed E-state index contributed by atoms with van der Waals surface area (Å²) in [5.41, 5.74) is 2.80. The summed E-state index contributed by atoms with van der Waals surface area (Å²) < 4.78 is 0. The molecule has 0 saturated heterocycles. The molecule has 2 aromatic rings. The number of hydrogen-bond acceptors (Lipinski definition) is 1. The summed E-state index contributed by atoms with van der Waals surface area (Å²) in [6.07, 6.45) is 4.92. The second-order valence-corrected chi connectivity index (χ2v) is 4.73. The Morgan fingerprint density at radius 3 is 1.94 bits per heavy atom. The number of benzene rings is 1. The SMILES string of the molecule is CC(CC(C)c1ccncc1)c1ccccc1. The van der Waals surface area contributed by atoms with Crippen molar-refractivity contribution in [2.75, 3.05) is 0 Å². The molecule has 1 aromatic carbocycles. The fourth-order valence-corrected chi connectivity index (χ4v) is 2.28. The normalized spacial score (nSPS) is 14.2. The average Bonchev–Trinajstić information content (AvgIpc) is 2.40. The molecule has 0 spiro atoms. The fourth-order valence-electron chi connectivity index (χ4n) is 2.28. The molecule has 0 bridgehead atoms. The van der Waals surface area contributed by atoms with Crippen LogP contribution in [0.4, 0.5) is 0 Å². The highest BCUT2D eigenvalue weighted by Gasteiger charge is 2.11. The van der Waals surface area contributed by atoms with Crippen LogP contribution in [0.15, 0.2) is 54.9 Å². The number of aromatic nitrogens is 1. The van der Waals surface area contributed by atoms with Crippen molar-refractivity contribution in [1.29, 1.82) is 0 Å². The summed E-state index contributed by atoms with van der Waals surface area (Å²) in [6, 6.07) is 15.0. The van der Waals surface area contributed by atoms with Crippen molar-refractivity contribution in [2.24, 2.45) is 0 Å². The summed E-state index contributed by atoms with van der Waals surface area (Å²) in [4.78, 5) is 4.07. The maximum atomic E-state index is 4.07. The zero-order valence-corrected chi connectivity index (χ0v) is 10.5. The van der Waals surface area contributed by atoms with Crippen molar-refractivity contribution in [3.63, 3.8) is 0 Å². The third-order valence-electron chi connectivity index (χ3n) is 3.35. The largest absolute Gasteiger partial charge is 0.265 e. The van der Waals surface area contributed by atoms with Gasteiger partial charge in [0.2, 0.25) is 0 Å². The summed E-state index contributed by atoms with van der Waals surface area (Å²) in [6.45, 7) is 4.59. The Balaban J connectivity index is 2.02. The molecule has 1 aromatic heterocycles. The van der Waals surface area contributed by atoms with Crippen LogP contribution in [0, 0.1) is 0 Å². The first kappa shape index (κ1) is 11.8. The van der Waals surface area contributed by atoms with Crippen LogP contribution in [0.25, 0.3) is 0 Å². The van der Waals surface area contributed by atoms with Crippen molar-refractivity contribution < 1.29 is 0 Å². The van der Waals surface area contributed by atoms with Gasteiger partial charge in [0.15, 0.2) is 0 Å². The van der Waals surface area contributed by atoms with Crippen LogP contribution in [0.1, 0.15) is 43.2 Å². The van der Waals surface area contributed by atoms with E-state index in [1.54, 1.807) is 0 Å². The lowest BCUT2D eigenvalue weighted by atomic mass is 9.88. The minimum Gasteiger partial charge on any atom is -0.265 e. The smallest absolute Gasteiger partial charge is 0.0270 e. The van der Waals surface area contributed by atoms with Gasteiger partial charge in [0, 0.05) is 12.4 Å². The molecule has 0 fully saturated rings. The van der Waals surface area contributed by atoms with Gasteiger partial charge in [0.25, 0.3) is 0 Å². The maximum absolute atomic E-state index is 4.07. The molecular formula is C16H19N. The van der Waals surface area contributed by atoms with E-state index < -0.39 is 0 Å². The monoisotopic (exact) mass is 225 g/mol. The molecule has 0 aliphatic carbocycles. The van der Waals surface area contributed by atoms with Crippen molar-refractivity contribution in [2.45, 2.75) is 32.1 Å². The molecule has 0 aliphatic heterocycles. The number of hydrogen-bond donors (Lipinski definition) is 0. The van der Waals surface area contributed by atoms with Gasteiger partial charge in [-0.3, -0.25) is 4.98 Å². The molecule has 2 rings (SSSR count). The quantitative estimate of drug-likeness (QED) is 0.752. The van der Waals surface area contributed by atoms with Crippen LogP contribution in [-0.2, 0) is 0 Å². The molecule has 1 heteroatoms. The number of pyridine rings is 1. The van der Waals surface area contributed by atoms with E-state index >= 15 is 0 Å². The van der Waals surface area contributed by atoms with Gasteiger partial charge in [0.1, 0.15) is 0 Å². The van der Waals surface area contributed by atoms with Gasteiger partial charge in [-0.1, -0.05) is 44.2 Å². The average molecular weight is 225 g/mol. The van der Waals surface area contributed by atoms with E-state index in [0.29, 0.717) is 11.8 Å². The standard InChI is InChI=1S/C16H19N/c1-13(15-6-4-3-5-7-15)12-14(2)16-8-10-17-11-9-16/h3-11,13-14H,12H2,1-2H3. The third-order valence-corrected chi connectivity index (χ3v) is 3.35. The summed E-state index contributed by atoms with van der Waals surface area (Å²) in [5.74, 6) is 1.17. The fraction of sp³-hybridized carbons (Fsp3) is 0.312. The Morgan fingerprint density at radius 2 is 1.35 bits per heavy atom. The van der Waals surface area contributed by atoms with Gasteiger partial charge in [-0.15, -0.1) is 0 Å². The lowest BCUT2D eigenvalue weighted by Gasteiger charge is -2.17. The first-order chi connectivity index (χ1) is 8.27. The van der Waals surface area contributed by atoms with Crippen molar-refractivity contribution >= 4 is 0 Å². The Kier molecular flexibility index (Phi) is 3.92.